The Morgan fingerprint density at radius 3 is 2.57 bits per heavy atom. The molecule has 28 heavy (non-hydrogen) atoms. The Morgan fingerprint density at radius 1 is 1.07 bits per heavy atom. The third kappa shape index (κ3) is 6.21. The van der Waals surface area contributed by atoms with E-state index in [0.717, 1.165) is 57.1 Å². The van der Waals surface area contributed by atoms with E-state index in [1.165, 1.54) is 5.56 Å². The Hall–Kier alpha value is -1.60. The zero-order chi connectivity index (χ0) is 19.9. The molecule has 0 radical (unpaired) electrons. The quantitative estimate of drug-likeness (QED) is 0.562. The van der Waals surface area contributed by atoms with Gasteiger partial charge < -0.3 is 16.0 Å². The maximum atomic E-state index is 6.12. The number of nitrogens with zero attached hydrogens (tertiary/aromatic N) is 3. The van der Waals surface area contributed by atoms with Gasteiger partial charge in [0.2, 0.25) is 5.95 Å². The maximum Gasteiger partial charge on any atom is 0.224 e. The molecule has 1 aromatic heterocycles. The van der Waals surface area contributed by atoms with E-state index in [2.05, 4.69) is 36.9 Å². The molecule has 6 nitrogen and oxygen atoms in total. The fraction of sp³-hybridized carbons (Fsp3) is 0.500. The van der Waals surface area contributed by atoms with E-state index in [1.54, 1.807) is 0 Å². The highest BCUT2D eigenvalue weighted by atomic mass is 35.5. The molecule has 1 aliphatic heterocycles. The van der Waals surface area contributed by atoms with Gasteiger partial charge in [0, 0.05) is 44.5 Å². The number of benzene rings is 1. The Kier molecular flexibility index (Phi) is 7.73. The van der Waals surface area contributed by atoms with Crippen molar-refractivity contribution in [1.82, 2.24) is 20.2 Å². The van der Waals surface area contributed by atoms with E-state index in [0.29, 0.717) is 22.0 Å². The number of halogens is 2. The molecule has 3 N–H and O–H groups in total. The van der Waals surface area contributed by atoms with Gasteiger partial charge in [-0.3, -0.25) is 4.90 Å². The third-order valence-electron chi connectivity index (χ3n) is 4.93. The van der Waals surface area contributed by atoms with Crippen LogP contribution in [-0.4, -0.2) is 54.1 Å². The van der Waals surface area contributed by atoms with Crippen LogP contribution >= 0.6 is 23.2 Å². The molecule has 0 unspecified atom stereocenters. The molecular formula is C20H28Cl2N6. The molecule has 0 aliphatic carbocycles. The number of hydrogen-bond donors (Lipinski definition) is 3. The molecule has 2 aromatic rings. The van der Waals surface area contributed by atoms with Gasteiger partial charge in [0.1, 0.15) is 5.82 Å². The van der Waals surface area contributed by atoms with Crippen molar-refractivity contribution in [1.29, 1.82) is 0 Å². The highest BCUT2D eigenvalue weighted by Crippen LogP contribution is 2.24. The van der Waals surface area contributed by atoms with Crippen LogP contribution in [0.15, 0.2) is 24.3 Å². The average molecular weight is 423 g/mol. The van der Waals surface area contributed by atoms with Crippen LogP contribution in [0, 0.1) is 6.92 Å². The molecule has 1 fully saturated rings. The first-order chi connectivity index (χ1) is 13.5. The number of nitrogens with one attached hydrogen (secondary N) is 3. The Labute approximate surface area is 177 Å². The molecule has 0 saturated carbocycles. The summed E-state index contributed by atoms with van der Waals surface area (Å²) >= 11 is 12.1. The van der Waals surface area contributed by atoms with Gasteiger partial charge in [0.05, 0.1) is 10.0 Å². The fourth-order valence-corrected chi connectivity index (χ4v) is 3.74. The van der Waals surface area contributed by atoms with Gasteiger partial charge >= 0.3 is 0 Å². The fourth-order valence-electron chi connectivity index (χ4n) is 3.42. The monoisotopic (exact) mass is 422 g/mol. The number of aromatic nitrogens is 2. The van der Waals surface area contributed by atoms with Crippen molar-refractivity contribution in [3.63, 3.8) is 0 Å². The van der Waals surface area contributed by atoms with Crippen molar-refractivity contribution < 1.29 is 0 Å². The summed E-state index contributed by atoms with van der Waals surface area (Å²) in [6.07, 6.45) is 2.29. The van der Waals surface area contributed by atoms with Crippen LogP contribution in [0.4, 0.5) is 11.8 Å². The molecule has 1 aliphatic rings. The number of likely N-dealkylation sites (tertiary alicyclic amines) is 1. The second-order valence-electron chi connectivity index (χ2n) is 7.15. The standard InChI is InChI=1S/C20H28Cl2N6/c1-14-11-19(23-2)27-20(26-14)25-8-7-24-16-5-9-28(10-6-16)13-15-3-4-17(21)18(22)12-15/h3-4,11-12,16,24H,5-10,13H2,1-2H3,(H2,23,25,26,27). The number of piperidine rings is 1. The smallest absolute Gasteiger partial charge is 0.224 e. The summed E-state index contributed by atoms with van der Waals surface area (Å²) in [6.45, 7) is 6.75. The molecule has 0 bridgehead atoms. The highest BCUT2D eigenvalue weighted by molar-refractivity contribution is 6.42. The molecule has 0 atom stereocenters. The van der Waals surface area contributed by atoms with Crippen molar-refractivity contribution in [2.45, 2.75) is 32.4 Å². The summed E-state index contributed by atoms with van der Waals surface area (Å²) < 4.78 is 0. The molecule has 0 spiro atoms. The number of anilines is 2. The van der Waals surface area contributed by atoms with E-state index in [9.17, 15) is 0 Å². The van der Waals surface area contributed by atoms with Gasteiger partial charge in [-0.15, -0.1) is 0 Å². The molecule has 2 heterocycles. The van der Waals surface area contributed by atoms with E-state index in [1.807, 2.05) is 32.2 Å². The van der Waals surface area contributed by atoms with Crippen LogP contribution in [-0.2, 0) is 6.54 Å². The van der Waals surface area contributed by atoms with Crippen LogP contribution in [0.3, 0.4) is 0 Å². The van der Waals surface area contributed by atoms with Gasteiger partial charge in [-0.2, -0.15) is 4.98 Å². The van der Waals surface area contributed by atoms with Crippen LogP contribution in [0.25, 0.3) is 0 Å². The van der Waals surface area contributed by atoms with E-state index in [4.69, 9.17) is 23.2 Å². The Morgan fingerprint density at radius 2 is 1.86 bits per heavy atom. The molecule has 152 valence electrons. The lowest BCUT2D eigenvalue weighted by atomic mass is 10.0. The highest BCUT2D eigenvalue weighted by Gasteiger charge is 2.18. The lowest BCUT2D eigenvalue weighted by Crippen LogP contribution is -2.43. The van der Waals surface area contributed by atoms with E-state index < -0.39 is 0 Å². The van der Waals surface area contributed by atoms with Crippen molar-refractivity contribution in [3.8, 4) is 0 Å². The van der Waals surface area contributed by atoms with Crippen LogP contribution < -0.4 is 16.0 Å². The minimum atomic E-state index is 0.554. The van der Waals surface area contributed by atoms with Crippen molar-refractivity contribution in [2.75, 3.05) is 43.9 Å². The van der Waals surface area contributed by atoms with Gasteiger partial charge in [0.15, 0.2) is 0 Å². The molecular weight excluding hydrogens is 395 g/mol. The van der Waals surface area contributed by atoms with Crippen LogP contribution in [0.1, 0.15) is 24.1 Å². The number of rotatable bonds is 8. The normalized spacial score (nSPS) is 15.6. The summed E-state index contributed by atoms with van der Waals surface area (Å²) in [5.41, 5.74) is 2.16. The largest absolute Gasteiger partial charge is 0.373 e. The second kappa shape index (κ2) is 10.3. The summed E-state index contributed by atoms with van der Waals surface area (Å²) in [5.74, 6) is 1.50. The minimum Gasteiger partial charge on any atom is -0.373 e. The van der Waals surface area contributed by atoms with Crippen LogP contribution in [0.5, 0.6) is 0 Å². The minimum absolute atomic E-state index is 0.554. The van der Waals surface area contributed by atoms with E-state index >= 15 is 0 Å². The molecule has 8 heteroatoms. The summed E-state index contributed by atoms with van der Waals surface area (Å²) in [4.78, 5) is 11.3. The summed E-state index contributed by atoms with van der Waals surface area (Å²) in [5, 5.41) is 11.2. The molecule has 1 aromatic carbocycles. The zero-order valence-corrected chi connectivity index (χ0v) is 17.9. The second-order valence-corrected chi connectivity index (χ2v) is 7.96. The predicted octanol–water partition coefficient (Wildman–Crippen LogP) is 3.80. The predicted molar refractivity (Wildman–Crippen MR) is 118 cm³/mol. The first-order valence-corrected chi connectivity index (χ1v) is 10.5. The number of hydrogen-bond acceptors (Lipinski definition) is 6. The summed E-state index contributed by atoms with van der Waals surface area (Å²) in [6, 6.07) is 8.37. The number of aryl methyl sites for hydroxylation is 1. The van der Waals surface area contributed by atoms with Crippen LogP contribution in [0.2, 0.25) is 10.0 Å². The zero-order valence-electron chi connectivity index (χ0n) is 16.4. The van der Waals surface area contributed by atoms with E-state index in [-0.39, 0.29) is 0 Å². The Bertz CT molecular complexity index is 777. The van der Waals surface area contributed by atoms with Gasteiger partial charge in [-0.05, 0) is 50.6 Å². The maximum absolute atomic E-state index is 6.12. The van der Waals surface area contributed by atoms with Gasteiger partial charge in [-0.1, -0.05) is 29.3 Å². The Balaban J connectivity index is 1.35. The van der Waals surface area contributed by atoms with Gasteiger partial charge in [0.25, 0.3) is 0 Å². The van der Waals surface area contributed by atoms with Crippen molar-refractivity contribution >= 4 is 35.0 Å². The topological polar surface area (TPSA) is 65.1 Å². The third-order valence-corrected chi connectivity index (χ3v) is 5.67. The first-order valence-electron chi connectivity index (χ1n) is 9.70. The lowest BCUT2D eigenvalue weighted by Gasteiger charge is -2.32. The van der Waals surface area contributed by atoms with Crippen molar-refractivity contribution in [2.24, 2.45) is 0 Å². The molecule has 3 rings (SSSR count). The van der Waals surface area contributed by atoms with Gasteiger partial charge in [-0.25, -0.2) is 4.98 Å². The first kappa shape index (κ1) is 21.1. The SMILES string of the molecule is CNc1cc(C)nc(NCCNC2CCN(Cc3ccc(Cl)c(Cl)c3)CC2)n1. The lowest BCUT2D eigenvalue weighted by molar-refractivity contribution is 0.191. The van der Waals surface area contributed by atoms with Crippen molar-refractivity contribution in [3.05, 3.63) is 45.6 Å². The summed E-state index contributed by atoms with van der Waals surface area (Å²) in [7, 11) is 1.86. The average Bonchev–Trinajstić information content (AvgIpc) is 2.69. The molecule has 1 saturated heterocycles. The molecule has 0 amide bonds.